The highest BCUT2D eigenvalue weighted by Crippen LogP contribution is 2.34. The maximum absolute atomic E-state index is 5.63. The summed E-state index contributed by atoms with van der Waals surface area (Å²) in [6.07, 6.45) is 5.52. The van der Waals surface area contributed by atoms with Crippen LogP contribution >= 0.6 is 0 Å². The minimum atomic E-state index is 0.491. The van der Waals surface area contributed by atoms with E-state index in [-0.39, 0.29) is 0 Å². The molecule has 0 saturated carbocycles. The summed E-state index contributed by atoms with van der Waals surface area (Å²) < 4.78 is 7.42. The second-order valence-corrected chi connectivity index (χ2v) is 4.79. The molecule has 4 heterocycles. The van der Waals surface area contributed by atoms with Gasteiger partial charge >= 0.3 is 0 Å². The van der Waals surface area contributed by atoms with Crippen LogP contribution in [-0.2, 0) is 6.61 Å². The maximum Gasteiger partial charge on any atom is 0.223 e. The first kappa shape index (κ1) is 11.2. The summed E-state index contributed by atoms with van der Waals surface area (Å²) >= 11 is 0. The summed E-state index contributed by atoms with van der Waals surface area (Å²) in [5.74, 6) is 1.44. The lowest BCUT2D eigenvalue weighted by Crippen LogP contribution is -2.05. The highest BCUT2D eigenvalue weighted by molar-refractivity contribution is 5.69. The fourth-order valence-electron chi connectivity index (χ4n) is 2.29. The molecule has 0 amide bonds. The molecular formula is C15H12N4O. The van der Waals surface area contributed by atoms with Crippen molar-refractivity contribution in [2.24, 2.45) is 0 Å². The summed E-state index contributed by atoms with van der Waals surface area (Å²) in [6.45, 7) is 2.51. The lowest BCUT2D eigenvalue weighted by atomic mass is 10.1. The van der Waals surface area contributed by atoms with Crippen LogP contribution in [0.3, 0.4) is 0 Å². The van der Waals surface area contributed by atoms with E-state index in [4.69, 9.17) is 4.74 Å². The van der Waals surface area contributed by atoms with Crippen LogP contribution in [0.4, 0.5) is 0 Å². The fourth-order valence-corrected chi connectivity index (χ4v) is 2.29. The Bertz CT molecular complexity index is 777. The minimum Gasteiger partial charge on any atom is -0.472 e. The number of aromatic nitrogens is 4. The summed E-state index contributed by atoms with van der Waals surface area (Å²) in [5.41, 5.74) is 4.03. The van der Waals surface area contributed by atoms with Crippen LogP contribution in [0.5, 0.6) is 5.88 Å². The van der Waals surface area contributed by atoms with Gasteiger partial charge in [-0.1, -0.05) is 6.07 Å². The quantitative estimate of drug-likeness (QED) is 0.677. The predicted octanol–water partition coefficient (Wildman–Crippen LogP) is 2.53. The van der Waals surface area contributed by atoms with Crippen molar-refractivity contribution < 1.29 is 4.74 Å². The number of aryl methyl sites for hydroxylation is 1. The number of ether oxygens (including phenoxy) is 1. The van der Waals surface area contributed by atoms with Gasteiger partial charge in [-0.05, 0) is 30.7 Å². The third-order valence-electron chi connectivity index (χ3n) is 3.31. The Morgan fingerprint density at radius 3 is 3.00 bits per heavy atom. The largest absolute Gasteiger partial charge is 0.472 e. The molecule has 0 fully saturated rings. The molecule has 1 aliphatic heterocycles. The Morgan fingerprint density at radius 1 is 1.20 bits per heavy atom. The van der Waals surface area contributed by atoms with Gasteiger partial charge < -0.3 is 4.74 Å². The third kappa shape index (κ3) is 1.67. The first-order valence-corrected chi connectivity index (χ1v) is 6.41. The number of hydrogen-bond donors (Lipinski definition) is 0. The van der Waals surface area contributed by atoms with Crippen LogP contribution in [0.25, 0.3) is 17.1 Å². The summed E-state index contributed by atoms with van der Waals surface area (Å²) in [5, 5.41) is 4.63. The van der Waals surface area contributed by atoms with Gasteiger partial charge in [-0.15, -0.1) is 0 Å². The number of rotatable bonds is 1. The first-order chi connectivity index (χ1) is 9.81. The standard InChI is InChI=1S/C15H12N4O/c1-10-4-5-13(17-7-10)19-8-11-9-20-15-12(14(11)18-19)3-2-6-16-15/h2-8H,9H2,1H3. The maximum atomic E-state index is 5.63. The molecule has 3 aromatic rings. The van der Waals surface area contributed by atoms with E-state index in [1.807, 2.05) is 43.6 Å². The number of pyridine rings is 2. The van der Waals surface area contributed by atoms with E-state index in [1.165, 1.54) is 0 Å². The molecule has 0 radical (unpaired) electrons. The Morgan fingerprint density at radius 2 is 2.15 bits per heavy atom. The Kier molecular flexibility index (Phi) is 2.32. The summed E-state index contributed by atoms with van der Waals surface area (Å²) in [7, 11) is 0. The van der Waals surface area contributed by atoms with E-state index in [1.54, 1.807) is 10.9 Å². The molecule has 0 N–H and O–H groups in total. The first-order valence-electron chi connectivity index (χ1n) is 6.41. The van der Waals surface area contributed by atoms with Crippen molar-refractivity contribution in [2.75, 3.05) is 0 Å². The van der Waals surface area contributed by atoms with Crippen molar-refractivity contribution in [3.8, 4) is 23.0 Å². The molecule has 5 heteroatoms. The normalized spacial score (nSPS) is 12.4. The molecule has 4 rings (SSSR count). The van der Waals surface area contributed by atoms with Crippen molar-refractivity contribution >= 4 is 0 Å². The average molecular weight is 264 g/mol. The molecule has 0 unspecified atom stereocenters. The van der Waals surface area contributed by atoms with E-state index >= 15 is 0 Å². The lowest BCUT2D eigenvalue weighted by Gasteiger charge is -2.14. The van der Waals surface area contributed by atoms with Crippen LogP contribution in [0.2, 0.25) is 0 Å². The molecule has 0 atom stereocenters. The highest BCUT2D eigenvalue weighted by Gasteiger charge is 2.22. The van der Waals surface area contributed by atoms with Crippen LogP contribution in [0, 0.1) is 6.92 Å². The van der Waals surface area contributed by atoms with Crippen molar-refractivity contribution in [3.05, 3.63) is 54.0 Å². The van der Waals surface area contributed by atoms with Crippen molar-refractivity contribution in [1.29, 1.82) is 0 Å². The summed E-state index contributed by atoms with van der Waals surface area (Å²) in [4.78, 5) is 8.62. The SMILES string of the molecule is Cc1ccc(-n2cc3c(n2)-c2cccnc2OC3)nc1. The van der Waals surface area contributed by atoms with E-state index in [0.29, 0.717) is 12.5 Å². The topological polar surface area (TPSA) is 52.8 Å². The molecular weight excluding hydrogens is 252 g/mol. The molecule has 5 nitrogen and oxygen atoms in total. The second kappa shape index (κ2) is 4.16. The molecule has 1 aliphatic rings. The Hall–Kier alpha value is -2.69. The smallest absolute Gasteiger partial charge is 0.223 e. The van der Waals surface area contributed by atoms with Gasteiger partial charge in [-0.2, -0.15) is 5.10 Å². The molecule has 3 aromatic heterocycles. The van der Waals surface area contributed by atoms with E-state index < -0.39 is 0 Å². The van der Waals surface area contributed by atoms with Gasteiger partial charge in [-0.25, -0.2) is 14.6 Å². The Labute approximate surface area is 115 Å². The van der Waals surface area contributed by atoms with Crippen molar-refractivity contribution in [1.82, 2.24) is 19.7 Å². The molecule has 0 bridgehead atoms. The van der Waals surface area contributed by atoms with E-state index in [2.05, 4.69) is 15.1 Å². The van der Waals surface area contributed by atoms with Crippen LogP contribution < -0.4 is 4.74 Å². The van der Waals surface area contributed by atoms with Crippen LogP contribution in [-0.4, -0.2) is 19.7 Å². The van der Waals surface area contributed by atoms with Gasteiger partial charge in [0.2, 0.25) is 5.88 Å². The zero-order valence-electron chi connectivity index (χ0n) is 10.9. The Balaban J connectivity index is 1.84. The van der Waals surface area contributed by atoms with E-state index in [0.717, 1.165) is 28.2 Å². The fraction of sp³-hybridized carbons (Fsp3) is 0.133. The monoisotopic (exact) mass is 264 g/mol. The van der Waals surface area contributed by atoms with Crippen LogP contribution in [0.1, 0.15) is 11.1 Å². The number of hydrogen-bond acceptors (Lipinski definition) is 4. The van der Waals surface area contributed by atoms with Crippen molar-refractivity contribution in [2.45, 2.75) is 13.5 Å². The molecule has 0 spiro atoms. The zero-order chi connectivity index (χ0) is 13.5. The van der Waals surface area contributed by atoms with Gasteiger partial charge in [0.15, 0.2) is 5.82 Å². The van der Waals surface area contributed by atoms with Crippen LogP contribution in [0.15, 0.2) is 42.9 Å². The lowest BCUT2D eigenvalue weighted by molar-refractivity contribution is 0.290. The van der Waals surface area contributed by atoms with Gasteiger partial charge in [0.05, 0.1) is 5.56 Å². The molecule has 0 aliphatic carbocycles. The third-order valence-corrected chi connectivity index (χ3v) is 3.31. The minimum absolute atomic E-state index is 0.491. The zero-order valence-corrected chi connectivity index (χ0v) is 10.9. The molecule has 0 aromatic carbocycles. The van der Waals surface area contributed by atoms with E-state index in [9.17, 15) is 0 Å². The van der Waals surface area contributed by atoms with Gasteiger partial charge in [0.25, 0.3) is 0 Å². The second-order valence-electron chi connectivity index (χ2n) is 4.79. The number of nitrogens with zero attached hydrogens (tertiary/aromatic N) is 4. The highest BCUT2D eigenvalue weighted by atomic mass is 16.5. The van der Waals surface area contributed by atoms with Gasteiger partial charge in [-0.3, -0.25) is 0 Å². The predicted molar refractivity (Wildman–Crippen MR) is 73.7 cm³/mol. The molecule has 98 valence electrons. The molecule has 0 saturated heterocycles. The molecule has 20 heavy (non-hydrogen) atoms. The summed E-state index contributed by atoms with van der Waals surface area (Å²) in [6, 6.07) is 7.84. The average Bonchev–Trinajstić information content (AvgIpc) is 2.92. The number of fused-ring (bicyclic) bond motifs is 3. The van der Waals surface area contributed by atoms with Gasteiger partial charge in [0.1, 0.15) is 12.3 Å². The van der Waals surface area contributed by atoms with Crippen molar-refractivity contribution in [3.63, 3.8) is 0 Å². The van der Waals surface area contributed by atoms with Gasteiger partial charge in [0, 0.05) is 24.2 Å².